The van der Waals surface area contributed by atoms with Crippen molar-refractivity contribution in [1.29, 1.82) is 0 Å². The Morgan fingerprint density at radius 1 is 1.10 bits per heavy atom. The molecule has 5 rings (SSSR count). The maximum Gasteiger partial charge on any atom is 0.264 e. The van der Waals surface area contributed by atoms with E-state index in [0.717, 1.165) is 5.69 Å². The molecule has 0 radical (unpaired) electrons. The van der Waals surface area contributed by atoms with Crippen LogP contribution in [0.4, 0.5) is 21.6 Å². The van der Waals surface area contributed by atoms with Gasteiger partial charge in [-0.2, -0.15) is 4.52 Å². The SMILES string of the molecule is CN1C(=O)COc2ccc(Nc3ccc4nnc(-c5ccccc5F)n4n3)cc21. The van der Waals surface area contributed by atoms with Crippen LogP contribution in [0.5, 0.6) is 5.75 Å². The third-order valence-corrected chi connectivity index (χ3v) is 4.70. The van der Waals surface area contributed by atoms with Crippen LogP contribution in [0.25, 0.3) is 17.0 Å². The van der Waals surface area contributed by atoms with E-state index in [1.165, 1.54) is 10.6 Å². The van der Waals surface area contributed by atoms with E-state index in [1.54, 1.807) is 48.3 Å². The van der Waals surface area contributed by atoms with Crippen molar-refractivity contribution in [2.45, 2.75) is 0 Å². The van der Waals surface area contributed by atoms with Gasteiger partial charge in [0.05, 0.1) is 11.3 Å². The second-order valence-corrected chi connectivity index (χ2v) is 6.54. The fourth-order valence-electron chi connectivity index (χ4n) is 3.16. The lowest BCUT2D eigenvalue weighted by Crippen LogP contribution is -2.35. The molecule has 1 N–H and O–H groups in total. The molecule has 0 saturated carbocycles. The normalized spacial score (nSPS) is 13.3. The van der Waals surface area contributed by atoms with Crippen LogP contribution in [-0.4, -0.2) is 39.4 Å². The van der Waals surface area contributed by atoms with Crippen LogP contribution in [0.15, 0.2) is 54.6 Å². The number of aromatic nitrogens is 4. The largest absolute Gasteiger partial charge is 0.482 e. The third kappa shape index (κ3) is 2.92. The molecule has 8 nitrogen and oxygen atoms in total. The topological polar surface area (TPSA) is 84.6 Å². The number of likely N-dealkylation sites (N-methyl/N-ethyl adjacent to an activating group) is 1. The molecule has 0 saturated heterocycles. The highest BCUT2D eigenvalue weighted by Crippen LogP contribution is 2.34. The third-order valence-electron chi connectivity index (χ3n) is 4.70. The molecule has 2 aromatic heterocycles. The van der Waals surface area contributed by atoms with Gasteiger partial charge < -0.3 is 15.0 Å². The Morgan fingerprint density at radius 2 is 1.97 bits per heavy atom. The fourth-order valence-corrected chi connectivity index (χ4v) is 3.16. The molecule has 29 heavy (non-hydrogen) atoms. The van der Waals surface area contributed by atoms with Gasteiger partial charge in [0.25, 0.3) is 5.91 Å². The standard InChI is InChI=1S/C20H15FN6O2/c1-26-15-10-12(6-7-16(15)29-11-19(26)28)22-17-8-9-18-23-24-20(27(18)25-17)13-4-2-3-5-14(13)21/h2-10H,11H2,1H3,(H,22,25). The quantitative estimate of drug-likeness (QED) is 0.579. The summed E-state index contributed by atoms with van der Waals surface area (Å²) in [5.74, 6) is 0.950. The first-order valence-corrected chi connectivity index (χ1v) is 8.88. The molecule has 144 valence electrons. The Morgan fingerprint density at radius 3 is 2.83 bits per heavy atom. The number of nitrogens with zero attached hydrogens (tertiary/aromatic N) is 5. The van der Waals surface area contributed by atoms with E-state index in [-0.39, 0.29) is 12.5 Å². The lowest BCUT2D eigenvalue weighted by atomic mass is 10.2. The molecule has 1 aliphatic heterocycles. The van der Waals surface area contributed by atoms with Crippen molar-refractivity contribution in [1.82, 2.24) is 19.8 Å². The smallest absolute Gasteiger partial charge is 0.264 e. The van der Waals surface area contributed by atoms with Crippen LogP contribution < -0.4 is 15.0 Å². The van der Waals surface area contributed by atoms with E-state index < -0.39 is 5.82 Å². The number of anilines is 3. The lowest BCUT2D eigenvalue weighted by molar-refractivity contribution is -0.120. The van der Waals surface area contributed by atoms with Gasteiger partial charge in [0.2, 0.25) is 0 Å². The lowest BCUT2D eigenvalue weighted by Gasteiger charge is -2.26. The monoisotopic (exact) mass is 390 g/mol. The molecule has 2 aromatic carbocycles. The van der Waals surface area contributed by atoms with Gasteiger partial charge in [0.1, 0.15) is 11.6 Å². The van der Waals surface area contributed by atoms with Crippen molar-refractivity contribution in [3.8, 4) is 17.1 Å². The summed E-state index contributed by atoms with van der Waals surface area (Å²) in [6.45, 7) is 0.0287. The number of amides is 1. The van der Waals surface area contributed by atoms with Crippen molar-refractivity contribution < 1.29 is 13.9 Å². The van der Waals surface area contributed by atoms with Gasteiger partial charge in [-0.1, -0.05) is 12.1 Å². The van der Waals surface area contributed by atoms with E-state index in [1.807, 2.05) is 12.1 Å². The Labute approximate surface area is 164 Å². The number of rotatable bonds is 3. The maximum absolute atomic E-state index is 14.2. The number of hydrogen-bond donors (Lipinski definition) is 1. The van der Waals surface area contributed by atoms with Crippen molar-refractivity contribution in [2.75, 3.05) is 23.9 Å². The summed E-state index contributed by atoms with van der Waals surface area (Å²) in [6, 6.07) is 15.3. The van der Waals surface area contributed by atoms with Gasteiger partial charge in [-0.25, -0.2) is 4.39 Å². The molecule has 0 fully saturated rings. The van der Waals surface area contributed by atoms with E-state index in [0.29, 0.717) is 34.3 Å². The number of carbonyl (C=O) groups is 1. The molecule has 1 aliphatic rings. The number of hydrogen-bond acceptors (Lipinski definition) is 6. The summed E-state index contributed by atoms with van der Waals surface area (Å²) in [5, 5.41) is 15.8. The van der Waals surface area contributed by atoms with Gasteiger partial charge in [0.15, 0.2) is 23.9 Å². The summed E-state index contributed by atoms with van der Waals surface area (Å²) < 4.78 is 21.1. The highest BCUT2D eigenvalue weighted by atomic mass is 19.1. The molecule has 1 amide bonds. The first-order valence-electron chi connectivity index (χ1n) is 8.88. The molecule has 3 heterocycles. The minimum Gasteiger partial charge on any atom is -0.482 e. The van der Waals surface area contributed by atoms with Gasteiger partial charge in [-0.3, -0.25) is 4.79 Å². The Hall–Kier alpha value is -4.01. The average Bonchev–Trinajstić information content (AvgIpc) is 3.14. The van der Waals surface area contributed by atoms with Crippen molar-refractivity contribution in [3.05, 3.63) is 60.4 Å². The predicted molar refractivity (Wildman–Crippen MR) is 105 cm³/mol. The average molecular weight is 390 g/mol. The van der Waals surface area contributed by atoms with E-state index >= 15 is 0 Å². The number of nitrogens with one attached hydrogen (secondary N) is 1. The molecular weight excluding hydrogens is 375 g/mol. The molecule has 4 aromatic rings. The predicted octanol–water partition coefficient (Wildman–Crippen LogP) is 3.03. The van der Waals surface area contributed by atoms with E-state index in [2.05, 4.69) is 20.6 Å². The van der Waals surface area contributed by atoms with Gasteiger partial charge in [0, 0.05) is 12.7 Å². The minimum atomic E-state index is -0.399. The zero-order valence-corrected chi connectivity index (χ0v) is 15.3. The van der Waals surface area contributed by atoms with Crippen LogP contribution in [0.1, 0.15) is 0 Å². The van der Waals surface area contributed by atoms with Crippen LogP contribution in [0.3, 0.4) is 0 Å². The first-order chi connectivity index (χ1) is 14.1. The molecule has 9 heteroatoms. The Bertz CT molecular complexity index is 1250. The minimum absolute atomic E-state index is 0.0287. The molecular formula is C20H15FN6O2. The van der Waals surface area contributed by atoms with Crippen molar-refractivity contribution >= 4 is 28.7 Å². The zero-order chi connectivity index (χ0) is 20.0. The van der Waals surface area contributed by atoms with Crippen LogP contribution in [0, 0.1) is 5.82 Å². The highest BCUT2D eigenvalue weighted by molar-refractivity contribution is 5.98. The van der Waals surface area contributed by atoms with Gasteiger partial charge >= 0.3 is 0 Å². The van der Waals surface area contributed by atoms with E-state index in [9.17, 15) is 9.18 Å². The Balaban J connectivity index is 1.51. The number of benzene rings is 2. The second kappa shape index (κ2) is 6.55. The Kier molecular flexibility index (Phi) is 3.87. The van der Waals surface area contributed by atoms with Crippen LogP contribution >= 0.6 is 0 Å². The highest BCUT2D eigenvalue weighted by Gasteiger charge is 2.22. The molecule has 0 unspecified atom stereocenters. The number of ether oxygens (including phenoxy) is 1. The van der Waals surface area contributed by atoms with Crippen LogP contribution in [0.2, 0.25) is 0 Å². The zero-order valence-electron chi connectivity index (χ0n) is 15.3. The summed E-state index contributed by atoms with van der Waals surface area (Å²) in [6.07, 6.45) is 0. The van der Waals surface area contributed by atoms with Gasteiger partial charge in [-0.15, -0.1) is 15.3 Å². The molecule has 0 spiro atoms. The fraction of sp³-hybridized carbons (Fsp3) is 0.100. The first kappa shape index (κ1) is 17.1. The van der Waals surface area contributed by atoms with Crippen LogP contribution in [-0.2, 0) is 4.79 Å². The maximum atomic E-state index is 14.2. The van der Waals surface area contributed by atoms with Crippen molar-refractivity contribution in [2.24, 2.45) is 0 Å². The number of carbonyl (C=O) groups excluding carboxylic acids is 1. The molecule has 0 atom stereocenters. The number of fused-ring (bicyclic) bond motifs is 2. The summed E-state index contributed by atoms with van der Waals surface area (Å²) in [4.78, 5) is 13.4. The van der Waals surface area contributed by atoms with Gasteiger partial charge in [-0.05, 0) is 42.5 Å². The summed E-state index contributed by atoms with van der Waals surface area (Å²) in [7, 11) is 1.70. The van der Waals surface area contributed by atoms with Crippen molar-refractivity contribution in [3.63, 3.8) is 0 Å². The summed E-state index contributed by atoms with van der Waals surface area (Å²) >= 11 is 0. The summed E-state index contributed by atoms with van der Waals surface area (Å²) in [5.41, 5.74) is 2.21. The van der Waals surface area contributed by atoms with E-state index in [4.69, 9.17) is 4.74 Å². The molecule has 0 aliphatic carbocycles. The molecule has 0 bridgehead atoms. The number of halogens is 1. The second-order valence-electron chi connectivity index (χ2n) is 6.54.